The lowest BCUT2D eigenvalue weighted by Gasteiger charge is -2.27. The molecule has 0 saturated carbocycles. The Kier molecular flexibility index (Phi) is 6.20. The number of nitrogens with zero attached hydrogens (tertiary/aromatic N) is 1. The highest BCUT2D eigenvalue weighted by molar-refractivity contribution is 4.66. The van der Waals surface area contributed by atoms with Crippen LogP contribution >= 0.6 is 0 Å². The van der Waals surface area contributed by atoms with E-state index in [-0.39, 0.29) is 0 Å². The predicted molar refractivity (Wildman–Crippen MR) is 62.6 cm³/mol. The van der Waals surface area contributed by atoms with Crippen LogP contribution in [0.5, 0.6) is 0 Å². The third-order valence-electron chi connectivity index (χ3n) is 3.07. The Balaban J connectivity index is 2.19. The molecule has 0 amide bonds. The summed E-state index contributed by atoms with van der Waals surface area (Å²) >= 11 is 0. The summed E-state index contributed by atoms with van der Waals surface area (Å²) in [7, 11) is 2.05. The highest BCUT2D eigenvalue weighted by atomic mass is 15.1. The summed E-state index contributed by atoms with van der Waals surface area (Å²) in [5, 5.41) is 3.26. The van der Waals surface area contributed by atoms with E-state index in [1.807, 2.05) is 7.05 Å². The van der Waals surface area contributed by atoms with E-state index in [0.717, 1.165) is 12.5 Å². The van der Waals surface area contributed by atoms with Gasteiger partial charge in [-0.15, -0.1) is 0 Å². The van der Waals surface area contributed by atoms with E-state index in [9.17, 15) is 0 Å². The lowest BCUT2D eigenvalue weighted by atomic mass is 10.1. The fraction of sp³-hybridized carbons (Fsp3) is 1.00. The van der Waals surface area contributed by atoms with Gasteiger partial charge in [0.05, 0.1) is 0 Å². The standard InChI is InChI=1S/C12H26N2/c1-12(10-13-2)11-14-8-6-4-3-5-7-9-14/h12-13H,3-11H2,1-2H3. The molecule has 1 fully saturated rings. The van der Waals surface area contributed by atoms with Crippen molar-refractivity contribution >= 4 is 0 Å². The molecule has 0 aliphatic carbocycles. The van der Waals surface area contributed by atoms with Gasteiger partial charge in [-0.2, -0.15) is 0 Å². The fourth-order valence-electron chi connectivity index (χ4n) is 2.35. The van der Waals surface area contributed by atoms with Crippen LogP contribution in [0.2, 0.25) is 0 Å². The van der Waals surface area contributed by atoms with Crippen molar-refractivity contribution < 1.29 is 0 Å². The maximum Gasteiger partial charge on any atom is 0.00191 e. The second-order valence-electron chi connectivity index (χ2n) is 4.73. The average Bonchev–Trinajstić information content (AvgIpc) is 2.10. The zero-order valence-corrected chi connectivity index (χ0v) is 9.89. The van der Waals surface area contributed by atoms with Gasteiger partial charge in [0.25, 0.3) is 0 Å². The molecule has 2 heteroatoms. The summed E-state index contributed by atoms with van der Waals surface area (Å²) in [5.41, 5.74) is 0. The van der Waals surface area contributed by atoms with Crippen molar-refractivity contribution in [3.05, 3.63) is 0 Å². The normalized spacial score (nSPS) is 22.7. The van der Waals surface area contributed by atoms with Crippen LogP contribution in [0, 0.1) is 5.92 Å². The van der Waals surface area contributed by atoms with Crippen LogP contribution in [0.1, 0.15) is 39.0 Å². The fourth-order valence-corrected chi connectivity index (χ4v) is 2.35. The topological polar surface area (TPSA) is 15.3 Å². The number of likely N-dealkylation sites (tertiary alicyclic amines) is 1. The number of hydrogen-bond donors (Lipinski definition) is 1. The molecule has 14 heavy (non-hydrogen) atoms. The van der Waals surface area contributed by atoms with Crippen molar-refractivity contribution in [2.75, 3.05) is 33.2 Å². The summed E-state index contributed by atoms with van der Waals surface area (Å²) < 4.78 is 0. The molecule has 1 rings (SSSR count). The molecular formula is C12H26N2. The van der Waals surface area contributed by atoms with E-state index in [2.05, 4.69) is 17.1 Å². The first-order chi connectivity index (χ1) is 6.83. The Morgan fingerprint density at radius 3 is 2.21 bits per heavy atom. The molecule has 2 nitrogen and oxygen atoms in total. The van der Waals surface area contributed by atoms with Crippen LogP contribution in [0.3, 0.4) is 0 Å². The lowest BCUT2D eigenvalue weighted by molar-refractivity contribution is 0.216. The molecule has 1 unspecified atom stereocenters. The smallest absolute Gasteiger partial charge is 0.00191 e. The molecule has 1 N–H and O–H groups in total. The van der Waals surface area contributed by atoms with Crippen molar-refractivity contribution in [1.29, 1.82) is 0 Å². The Morgan fingerprint density at radius 2 is 1.64 bits per heavy atom. The van der Waals surface area contributed by atoms with Crippen LogP contribution in [0.15, 0.2) is 0 Å². The molecule has 0 aromatic heterocycles. The van der Waals surface area contributed by atoms with Gasteiger partial charge in [-0.3, -0.25) is 0 Å². The van der Waals surface area contributed by atoms with Gasteiger partial charge in [0.15, 0.2) is 0 Å². The predicted octanol–water partition coefficient (Wildman–Crippen LogP) is 2.11. The van der Waals surface area contributed by atoms with E-state index in [0.29, 0.717) is 0 Å². The minimum Gasteiger partial charge on any atom is -0.319 e. The van der Waals surface area contributed by atoms with Gasteiger partial charge in [0, 0.05) is 6.54 Å². The summed E-state index contributed by atoms with van der Waals surface area (Å²) in [5.74, 6) is 0.791. The van der Waals surface area contributed by atoms with E-state index in [4.69, 9.17) is 0 Å². The first-order valence-corrected chi connectivity index (χ1v) is 6.20. The van der Waals surface area contributed by atoms with Crippen LogP contribution in [0.4, 0.5) is 0 Å². The number of rotatable bonds is 4. The zero-order chi connectivity index (χ0) is 10.2. The van der Waals surface area contributed by atoms with Gasteiger partial charge in [-0.1, -0.05) is 26.2 Å². The van der Waals surface area contributed by atoms with Crippen LogP contribution < -0.4 is 5.32 Å². The molecule has 0 aromatic rings. The van der Waals surface area contributed by atoms with Crippen molar-refractivity contribution in [3.63, 3.8) is 0 Å². The summed E-state index contributed by atoms with van der Waals surface area (Å²) in [6, 6.07) is 0. The monoisotopic (exact) mass is 198 g/mol. The van der Waals surface area contributed by atoms with E-state index < -0.39 is 0 Å². The Labute approximate surface area is 89.1 Å². The number of hydrogen-bond acceptors (Lipinski definition) is 2. The minimum atomic E-state index is 0.791. The SMILES string of the molecule is CNCC(C)CN1CCCCCCC1. The molecule has 1 aliphatic heterocycles. The molecule has 1 saturated heterocycles. The Bertz CT molecular complexity index is 128. The molecule has 1 heterocycles. The van der Waals surface area contributed by atoms with Crippen molar-refractivity contribution in [3.8, 4) is 0 Å². The Morgan fingerprint density at radius 1 is 1.07 bits per heavy atom. The van der Waals surface area contributed by atoms with E-state index in [1.54, 1.807) is 0 Å². The van der Waals surface area contributed by atoms with Gasteiger partial charge in [0.1, 0.15) is 0 Å². The largest absolute Gasteiger partial charge is 0.319 e. The van der Waals surface area contributed by atoms with E-state index in [1.165, 1.54) is 51.7 Å². The zero-order valence-electron chi connectivity index (χ0n) is 9.89. The second-order valence-corrected chi connectivity index (χ2v) is 4.73. The highest BCUT2D eigenvalue weighted by Gasteiger charge is 2.10. The second kappa shape index (κ2) is 7.24. The van der Waals surface area contributed by atoms with Gasteiger partial charge < -0.3 is 10.2 Å². The van der Waals surface area contributed by atoms with Gasteiger partial charge in [-0.05, 0) is 45.4 Å². The molecule has 84 valence electrons. The average molecular weight is 198 g/mol. The van der Waals surface area contributed by atoms with Crippen LogP contribution in [0.25, 0.3) is 0 Å². The molecule has 0 aromatic carbocycles. The third kappa shape index (κ3) is 4.97. The van der Waals surface area contributed by atoms with Gasteiger partial charge in [-0.25, -0.2) is 0 Å². The molecule has 1 aliphatic rings. The molecule has 1 atom stereocenters. The first-order valence-electron chi connectivity index (χ1n) is 6.20. The van der Waals surface area contributed by atoms with Crippen LogP contribution in [-0.4, -0.2) is 38.1 Å². The molecule has 0 spiro atoms. The van der Waals surface area contributed by atoms with Crippen molar-refractivity contribution in [2.45, 2.75) is 39.0 Å². The van der Waals surface area contributed by atoms with Crippen molar-refractivity contribution in [1.82, 2.24) is 10.2 Å². The van der Waals surface area contributed by atoms with Crippen molar-refractivity contribution in [2.24, 2.45) is 5.92 Å². The first kappa shape index (κ1) is 12.0. The highest BCUT2D eigenvalue weighted by Crippen LogP contribution is 2.11. The lowest BCUT2D eigenvalue weighted by Crippen LogP contribution is -2.34. The molecule has 0 radical (unpaired) electrons. The van der Waals surface area contributed by atoms with Crippen LogP contribution in [-0.2, 0) is 0 Å². The molecule has 0 bridgehead atoms. The minimum absolute atomic E-state index is 0.791. The third-order valence-corrected chi connectivity index (χ3v) is 3.07. The quantitative estimate of drug-likeness (QED) is 0.744. The number of nitrogens with one attached hydrogen (secondary N) is 1. The maximum absolute atomic E-state index is 3.26. The van der Waals surface area contributed by atoms with Gasteiger partial charge in [0.2, 0.25) is 0 Å². The van der Waals surface area contributed by atoms with Gasteiger partial charge >= 0.3 is 0 Å². The maximum atomic E-state index is 3.26. The summed E-state index contributed by atoms with van der Waals surface area (Å²) in [6.45, 7) is 7.43. The summed E-state index contributed by atoms with van der Waals surface area (Å²) in [6.07, 6.45) is 7.16. The Hall–Kier alpha value is -0.0800. The van der Waals surface area contributed by atoms with E-state index >= 15 is 0 Å². The summed E-state index contributed by atoms with van der Waals surface area (Å²) in [4.78, 5) is 2.65. The molecular weight excluding hydrogens is 172 g/mol.